The maximum absolute atomic E-state index is 13.0. The summed E-state index contributed by atoms with van der Waals surface area (Å²) in [6.45, 7) is 0. The smallest absolute Gasteiger partial charge is 0.248 e. The van der Waals surface area contributed by atoms with Crippen LogP contribution in [0.15, 0.2) is 6.20 Å². The highest BCUT2D eigenvalue weighted by Crippen LogP contribution is 2.41. The Morgan fingerprint density at radius 1 is 1.47 bits per heavy atom. The van der Waals surface area contributed by atoms with Crippen molar-refractivity contribution in [2.24, 2.45) is 7.05 Å². The SMILES string of the molecule is Cn1ncc(N)c1C1CCC(F)(F)CC1. The maximum atomic E-state index is 13.0. The summed E-state index contributed by atoms with van der Waals surface area (Å²) >= 11 is 0. The van der Waals surface area contributed by atoms with Gasteiger partial charge in [-0.3, -0.25) is 4.68 Å². The van der Waals surface area contributed by atoms with E-state index in [2.05, 4.69) is 5.10 Å². The second-order valence-corrected chi connectivity index (χ2v) is 4.24. The van der Waals surface area contributed by atoms with Gasteiger partial charge in [-0.2, -0.15) is 5.10 Å². The van der Waals surface area contributed by atoms with Crippen molar-refractivity contribution in [2.75, 3.05) is 5.73 Å². The van der Waals surface area contributed by atoms with Gasteiger partial charge in [0.1, 0.15) is 0 Å². The number of nitrogen functional groups attached to an aromatic ring is 1. The van der Waals surface area contributed by atoms with Crippen molar-refractivity contribution in [3.05, 3.63) is 11.9 Å². The Morgan fingerprint density at radius 3 is 2.53 bits per heavy atom. The lowest BCUT2D eigenvalue weighted by Gasteiger charge is -2.28. The van der Waals surface area contributed by atoms with Gasteiger partial charge >= 0.3 is 0 Å². The molecule has 0 radical (unpaired) electrons. The molecule has 1 fully saturated rings. The second-order valence-electron chi connectivity index (χ2n) is 4.24. The van der Waals surface area contributed by atoms with Crippen molar-refractivity contribution < 1.29 is 8.78 Å². The lowest BCUT2D eigenvalue weighted by molar-refractivity contribution is -0.0386. The summed E-state index contributed by atoms with van der Waals surface area (Å²) in [4.78, 5) is 0. The first kappa shape index (κ1) is 10.4. The van der Waals surface area contributed by atoms with Crippen LogP contribution in [0.2, 0.25) is 0 Å². The van der Waals surface area contributed by atoms with Gasteiger partial charge in [-0.15, -0.1) is 0 Å². The Morgan fingerprint density at radius 2 is 2.07 bits per heavy atom. The van der Waals surface area contributed by atoms with Crippen LogP contribution in [0.5, 0.6) is 0 Å². The first-order valence-corrected chi connectivity index (χ1v) is 5.15. The molecule has 0 amide bonds. The highest BCUT2D eigenvalue weighted by atomic mass is 19.3. The summed E-state index contributed by atoms with van der Waals surface area (Å²) in [7, 11) is 1.80. The molecule has 0 aliphatic heterocycles. The number of hydrogen-bond donors (Lipinski definition) is 1. The van der Waals surface area contributed by atoms with E-state index in [1.165, 1.54) is 0 Å². The fourth-order valence-corrected chi connectivity index (χ4v) is 2.28. The summed E-state index contributed by atoms with van der Waals surface area (Å²) in [5.74, 6) is -2.35. The topological polar surface area (TPSA) is 43.8 Å². The van der Waals surface area contributed by atoms with Gasteiger partial charge in [-0.1, -0.05) is 0 Å². The quantitative estimate of drug-likeness (QED) is 0.781. The average molecular weight is 215 g/mol. The van der Waals surface area contributed by atoms with Crippen LogP contribution in [0.1, 0.15) is 37.3 Å². The first-order valence-electron chi connectivity index (χ1n) is 5.15. The summed E-state index contributed by atoms with van der Waals surface area (Å²) in [5.41, 5.74) is 7.30. The summed E-state index contributed by atoms with van der Waals surface area (Å²) < 4.78 is 27.6. The number of anilines is 1. The van der Waals surface area contributed by atoms with Gasteiger partial charge < -0.3 is 5.73 Å². The summed E-state index contributed by atoms with van der Waals surface area (Å²) in [6.07, 6.45) is 2.50. The van der Waals surface area contributed by atoms with E-state index in [-0.39, 0.29) is 18.8 Å². The van der Waals surface area contributed by atoms with E-state index in [9.17, 15) is 8.78 Å². The molecule has 84 valence electrons. The van der Waals surface area contributed by atoms with Gasteiger partial charge in [0.25, 0.3) is 0 Å². The molecular weight excluding hydrogens is 200 g/mol. The number of aromatic nitrogens is 2. The monoisotopic (exact) mass is 215 g/mol. The van der Waals surface area contributed by atoms with Crippen LogP contribution in [0.3, 0.4) is 0 Å². The summed E-state index contributed by atoms with van der Waals surface area (Å²) in [6, 6.07) is 0. The largest absolute Gasteiger partial charge is 0.396 e. The number of nitrogens with two attached hydrogens (primary N) is 1. The molecule has 1 aliphatic carbocycles. The number of rotatable bonds is 1. The van der Waals surface area contributed by atoms with Gasteiger partial charge in [-0.05, 0) is 12.8 Å². The van der Waals surface area contributed by atoms with Gasteiger partial charge in [0.05, 0.1) is 17.6 Å². The van der Waals surface area contributed by atoms with Gasteiger partial charge in [0.2, 0.25) is 5.92 Å². The summed E-state index contributed by atoms with van der Waals surface area (Å²) in [5, 5.41) is 4.03. The van der Waals surface area contributed by atoms with Gasteiger partial charge in [-0.25, -0.2) is 8.78 Å². The van der Waals surface area contributed by atoms with E-state index in [0.717, 1.165) is 5.69 Å². The average Bonchev–Trinajstić information content (AvgIpc) is 2.48. The van der Waals surface area contributed by atoms with E-state index >= 15 is 0 Å². The van der Waals surface area contributed by atoms with E-state index in [1.54, 1.807) is 17.9 Å². The molecule has 2 rings (SSSR count). The first-order chi connectivity index (χ1) is 6.99. The number of halogens is 2. The van der Waals surface area contributed by atoms with Crippen LogP contribution in [0.4, 0.5) is 14.5 Å². The molecule has 0 spiro atoms. The standard InChI is InChI=1S/C10H15F2N3/c1-15-9(8(13)6-14-15)7-2-4-10(11,12)5-3-7/h6-7H,2-5,13H2,1H3. The van der Waals surface area contributed by atoms with Crippen LogP contribution in [0, 0.1) is 0 Å². The number of alkyl halides is 2. The maximum Gasteiger partial charge on any atom is 0.248 e. The van der Waals surface area contributed by atoms with E-state index in [1.807, 2.05) is 0 Å². The van der Waals surface area contributed by atoms with E-state index in [0.29, 0.717) is 18.5 Å². The molecule has 2 N–H and O–H groups in total. The lowest BCUT2D eigenvalue weighted by atomic mass is 9.84. The number of aryl methyl sites for hydroxylation is 1. The minimum Gasteiger partial charge on any atom is -0.396 e. The Balaban J connectivity index is 2.14. The number of nitrogens with zero attached hydrogens (tertiary/aromatic N) is 2. The van der Waals surface area contributed by atoms with Crippen molar-refractivity contribution in [1.29, 1.82) is 0 Å². The second kappa shape index (κ2) is 3.47. The molecule has 0 saturated heterocycles. The van der Waals surface area contributed by atoms with Crippen LogP contribution in [-0.4, -0.2) is 15.7 Å². The van der Waals surface area contributed by atoms with Crippen LogP contribution in [0.25, 0.3) is 0 Å². The predicted octanol–water partition coefficient (Wildman–Crippen LogP) is 2.30. The lowest BCUT2D eigenvalue weighted by Crippen LogP contribution is -2.25. The van der Waals surface area contributed by atoms with Gasteiger partial charge in [0, 0.05) is 25.8 Å². The predicted molar refractivity (Wildman–Crippen MR) is 53.8 cm³/mol. The molecule has 0 atom stereocenters. The van der Waals surface area contributed by atoms with E-state index < -0.39 is 5.92 Å². The minimum absolute atomic E-state index is 0.0394. The van der Waals surface area contributed by atoms with Crippen molar-refractivity contribution in [2.45, 2.75) is 37.5 Å². The molecule has 1 aliphatic rings. The Hall–Kier alpha value is -1.13. The third-order valence-corrected chi connectivity index (χ3v) is 3.12. The fourth-order valence-electron chi connectivity index (χ4n) is 2.28. The third kappa shape index (κ3) is 1.96. The zero-order valence-corrected chi connectivity index (χ0v) is 8.71. The molecule has 5 heteroatoms. The minimum atomic E-state index is -2.48. The van der Waals surface area contributed by atoms with Gasteiger partial charge in [0.15, 0.2) is 0 Å². The van der Waals surface area contributed by atoms with Crippen LogP contribution < -0.4 is 5.73 Å². The molecule has 1 saturated carbocycles. The Labute approximate surface area is 87.3 Å². The number of hydrogen-bond acceptors (Lipinski definition) is 2. The van der Waals surface area contributed by atoms with Crippen molar-refractivity contribution in [3.63, 3.8) is 0 Å². The Bertz CT molecular complexity index is 330. The van der Waals surface area contributed by atoms with Crippen molar-refractivity contribution >= 4 is 5.69 Å². The molecular formula is C10H15F2N3. The molecule has 15 heavy (non-hydrogen) atoms. The van der Waals surface area contributed by atoms with Crippen molar-refractivity contribution in [3.8, 4) is 0 Å². The van der Waals surface area contributed by atoms with Crippen LogP contribution >= 0.6 is 0 Å². The van der Waals surface area contributed by atoms with E-state index in [4.69, 9.17) is 5.73 Å². The Kier molecular flexibility index (Phi) is 2.40. The highest BCUT2D eigenvalue weighted by molar-refractivity contribution is 5.43. The van der Waals surface area contributed by atoms with Crippen LogP contribution in [-0.2, 0) is 7.05 Å². The van der Waals surface area contributed by atoms with Crippen molar-refractivity contribution in [1.82, 2.24) is 9.78 Å². The molecule has 0 unspecified atom stereocenters. The fraction of sp³-hybridized carbons (Fsp3) is 0.700. The zero-order valence-electron chi connectivity index (χ0n) is 8.71. The molecule has 0 bridgehead atoms. The molecule has 3 nitrogen and oxygen atoms in total. The normalized spacial score (nSPS) is 21.8. The highest BCUT2D eigenvalue weighted by Gasteiger charge is 2.36. The third-order valence-electron chi connectivity index (χ3n) is 3.12. The molecule has 0 aromatic carbocycles. The molecule has 1 aromatic rings. The molecule has 1 heterocycles. The zero-order chi connectivity index (χ0) is 11.1. The molecule has 1 aromatic heterocycles.